The maximum absolute atomic E-state index is 13.9. The quantitative estimate of drug-likeness (QED) is 0.409. The van der Waals surface area contributed by atoms with E-state index in [1.54, 1.807) is 7.05 Å². The first kappa shape index (κ1) is 21.2. The maximum Gasteiger partial charge on any atom is 0.217 e. The molecule has 1 unspecified atom stereocenters. The predicted octanol–water partition coefficient (Wildman–Crippen LogP) is 1.98. The van der Waals surface area contributed by atoms with Crippen molar-refractivity contribution in [3.63, 3.8) is 0 Å². The molecule has 1 saturated heterocycles. The molecule has 0 aromatic heterocycles. The highest BCUT2D eigenvalue weighted by molar-refractivity contribution is 14.0. The van der Waals surface area contributed by atoms with E-state index in [4.69, 9.17) is 11.0 Å². The molecule has 2 rings (SSSR count). The molecule has 1 aromatic rings. The van der Waals surface area contributed by atoms with Crippen LogP contribution in [-0.2, 0) is 11.3 Å². The molecule has 1 heterocycles. The summed E-state index contributed by atoms with van der Waals surface area (Å²) in [6, 6.07) is 6.28. The van der Waals surface area contributed by atoms with Gasteiger partial charge in [0.2, 0.25) is 5.91 Å². The number of piperidine rings is 1. The number of nitriles is 1. The Morgan fingerprint density at radius 2 is 2.32 bits per heavy atom. The zero-order valence-corrected chi connectivity index (χ0v) is 16.5. The number of nitrogens with one attached hydrogen (secondary N) is 1. The number of hydrogen-bond acceptors (Lipinski definition) is 3. The fraction of sp³-hybridized carbons (Fsp3) is 0.471. The number of carbonyl (C=O) groups is 1. The van der Waals surface area contributed by atoms with Crippen LogP contribution in [0.4, 0.5) is 4.39 Å². The van der Waals surface area contributed by atoms with Gasteiger partial charge in [0.05, 0.1) is 11.6 Å². The van der Waals surface area contributed by atoms with Crippen molar-refractivity contribution < 1.29 is 9.18 Å². The Labute approximate surface area is 164 Å². The summed E-state index contributed by atoms with van der Waals surface area (Å²) in [5.41, 5.74) is 6.12. The minimum Gasteiger partial charge on any atom is -0.370 e. The molecule has 0 saturated carbocycles. The summed E-state index contributed by atoms with van der Waals surface area (Å²) in [7, 11) is 1.67. The van der Waals surface area contributed by atoms with Crippen molar-refractivity contribution in [1.82, 2.24) is 10.2 Å². The van der Waals surface area contributed by atoms with Crippen molar-refractivity contribution in [2.75, 3.05) is 20.1 Å². The highest BCUT2D eigenvalue weighted by Gasteiger charge is 2.23. The molecule has 1 aliphatic rings. The number of halogens is 2. The Morgan fingerprint density at radius 3 is 2.96 bits per heavy atom. The zero-order chi connectivity index (χ0) is 17.5. The largest absolute Gasteiger partial charge is 0.370 e. The van der Waals surface area contributed by atoms with E-state index in [1.165, 1.54) is 18.2 Å². The van der Waals surface area contributed by atoms with Crippen LogP contribution < -0.4 is 11.1 Å². The molecule has 1 amide bonds. The highest BCUT2D eigenvalue weighted by atomic mass is 127. The van der Waals surface area contributed by atoms with Gasteiger partial charge in [-0.25, -0.2) is 4.39 Å². The van der Waals surface area contributed by atoms with Gasteiger partial charge in [0.1, 0.15) is 5.82 Å². The van der Waals surface area contributed by atoms with E-state index >= 15 is 0 Å². The fourth-order valence-corrected chi connectivity index (χ4v) is 2.99. The van der Waals surface area contributed by atoms with E-state index in [0.29, 0.717) is 30.1 Å². The summed E-state index contributed by atoms with van der Waals surface area (Å²) in [6.07, 6.45) is 2.29. The average Bonchev–Trinajstić information content (AvgIpc) is 2.56. The van der Waals surface area contributed by atoms with Crippen LogP contribution in [0.1, 0.15) is 30.4 Å². The van der Waals surface area contributed by atoms with Crippen molar-refractivity contribution in [3.8, 4) is 6.07 Å². The van der Waals surface area contributed by atoms with E-state index in [1.807, 2.05) is 6.07 Å². The van der Waals surface area contributed by atoms with Crippen molar-refractivity contribution in [1.29, 1.82) is 5.26 Å². The fourth-order valence-electron chi connectivity index (χ4n) is 2.99. The smallest absolute Gasteiger partial charge is 0.217 e. The molecular formula is C17H23FIN5O. The normalized spacial score (nSPS) is 17.4. The monoisotopic (exact) mass is 459 g/mol. The van der Waals surface area contributed by atoms with Crippen LogP contribution in [0.3, 0.4) is 0 Å². The second kappa shape index (κ2) is 10.2. The minimum absolute atomic E-state index is 0. The van der Waals surface area contributed by atoms with Crippen molar-refractivity contribution in [2.45, 2.75) is 25.8 Å². The molecule has 0 spiro atoms. The van der Waals surface area contributed by atoms with Crippen LogP contribution in [0.25, 0.3) is 0 Å². The lowest BCUT2D eigenvalue weighted by molar-refractivity contribution is -0.119. The maximum atomic E-state index is 13.9. The summed E-state index contributed by atoms with van der Waals surface area (Å²) < 4.78 is 13.9. The lowest BCUT2D eigenvalue weighted by Gasteiger charge is -2.34. The van der Waals surface area contributed by atoms with Gasteiger partial charge in [-0.2, -0.15) is 5.26 Å². The Kier molecular flexibility index (Phi) is 8.61. The molecule has 6 nitrogen and oxygen atoms in total. The molecule has 136 valence electrons. The second-order valence-electron chi connectivity index (χ2n) is 5.94. The second-order valence-corrected chi connectivity index (χ2v) is 5.94. The number of primary amides is 1. The van der Waals surface area contributed by atoms with Crippen molar-refractivity contribution in [3.05, 3.63) is 35.1 Å². The van der Waals surface area contributed by atoms with E-state index in [-0.39, 0.29) is 48.2 Å². The number of guanidine groups is 1. The van der Waals surface area contributed by atoms with Gasteiger partial charge in [0.25, 0.3) is 0 Å². The first-order valence-corrected chi connectivity index (χ1v) is 7.96. The molecule has 1 atom stereocenters. The van der Waals surface area contributed by atoms with Gasteiger partial charge >= 0.3 is 0 Å². The lowest BCUT2D eigenvalue weighted by Crippen LogP contribution is -2.47. The van der Waals surface area contributed by atoms with Gasteiger partial charge in [0, 0.05) is 38.7 Å². The van der Waals surface area contributed by atoms with Crippen LogP contribution in [0, 0.1) is 23.1 Å². The van der Waals surface area contributed by atoms with Crippen LogP contribution in [0.5, 0.6) is 0 Å². The zero-order valence-electron chi connectivity index (χ0n) is 14.2. The molecule has 0 bridgehead atoms. The number of carbonyl (C=O) groups excluding carboxylic acids is 1. The number of aliphatic imine (C=N–C) groups is 1. The standard InChI is InChI=1S/C17H22FN5O.HI/c1-21-17(23-6-2-3-13(11-23)8-16(20)24)22-10-14-7-12(9-19)4-5-15(14)18;/h4-5,7,13H,2-3,6,8,10-11H2,1H3,(H2,20,24)(H,21,22);1H. The number of nitrogens with zero attached hydrogens (tertiary/aromatic N) is 3. The Bertz CT molecular complexity index is 673. The minimum atomic E-state index is -0.359. The third-order valence-corrected chi connectivity index (χ3v) is 4.13. The summed E-state index contributed by atoms with van der Waals surface area (Å²) in [5, 5.41) is 12.1. The van der Waals surface area contributed by atoms with Crippen LogP contribution >= 0.6 is 24.0 Å². The molecule has 1 fully saturated rings. The molecular weight excluding hydrogens is 436 g/mol. The predicted molar refractivity (Wildman–Crippen MR) is 105 cm³/mol. The van der Waals surface area contributed by atoms with Gasteiger partial charge in [-0.15, -0.1) is 24.0 Å². The first-order valence-electron chi connectivity index (χ1n) is 7.96. The first-order chi connectivity index (χ1) is 11.5. The average molecular weight is 459 g/mol. The molecule has 1 aliphatic heterocycles. The van der Waals surface area contributed by atoms with Crippen LogP contribution in [0.15, 0.2) is 23.2 Å². The third-order valence-electron chi connectivity index (χ3n) is 4.13. The van der Waals surface area contributed by atoms with Gasteiger partial charge in [-0.1, -0.05) is 0 Å². The van der Waals surface area contributed by atoms with Crippen LogP contribution in [0.2, 0.25) is 0 Å². The Balaban J connectivity index is 0.00000312. The van der Waals surface area contributed by atoms with Crippen molar-refractivity contribution in [2.24, 2.45) is 16.6 Å². The van der Waals surface area contributed by atoms with Crippen LogP contribution in [-0.4, -0.2) is 36.9 Å². The number of likely N-dealkylation sites (tertiary alicyclic amines) is 1. The number of amides is 1. The number of nitrogens with two attached hydrogens (primary N) is 1. The Hall–Kier alpha value is -1.89. The third kappa shape index (κ3) is 6.16. The summed E-state index contributed by atoms with van der Waals surface area (Å²) >= 11 is 0. The lowest BCUT2D eigenvalue weighted by atomic mass is 9.95. The summed E-state index contributed by atoms with van der Waals surface area (Å²) in [6.45, 7) is 1.77. The Morgan fingerprint density at radius 1 is 1.56 bits per heavy atom. The summed E-state index contributed by atoms with van der Waals surface area (Å²) in [4.78, 5) is 17.4. The topological polar surface area (TPSA) is 94.5 Å². The number of hydrogen-bond donors (Lipinski definition) is 2. The number of rotatable bonds is 4. The van der Waals surface area contributed by atoms with E-state index in [0.717, 1.165) is 19.4 Å². The SMILES string of the molecule is CN=C(NCc1cc(C#N)ccc1F)N1CCCC(CC(N)=O)C1.I. The van der Waals surface area contributed by atoms with Gasteiger partial charge < -0.3 is 16.0 Å². The molecule has 3 N–H and O–H groups in total. The van der Waals surface area contributed by atoms with Gasteiger partial charge in [-0.05, 0) is 37.0 Å². The molecule has 1 aromatic carbocycles. The van der Waals surface area contributed by atoms with Crippen molar-refractivity contribution >= 4 is 35.8 Å². The highest BCUT2D eigenvalue weighted by Crippen LogP contribution is 2.19. The van der Waals surface area contributed by atoms with Gasteiger partial charge in [-0.3, -0.25) is 9.79 Å². The molecule has 0 radical (unpaired) electrons. The number of benzene rings is 1. The van der Waals surface area contributed by atoms with Gasteiger partial charge in [0.15, 0.2) is 5.96 Å². The molecule has 0 aliphatic carbocycles. The van der Waals surface area contributed by atoms with E-state index in [2.05, 4.69) is 15.2 Å². The van der Waals surface area contributed by atoms with E-state index < -0.39 is 0 Å². The molecule has 8 heteroatoms. The van der Waals surface area contributed by atoms with E-state index in [9.17, 15) is 9.18 Å². The molecule has 25 heavy (non-hydrogen) atoms. The summed E-state index contributed by atoms with van der Waals surface area (Å²) in [5.74, 6) is 0.224.